The summed E-state index contributed by atoms with van der Waals surface area (Å²) in [5, 5.41) is 30.1. The Labute approximate surface area is 153 Å². The van der Waals surface area contributed by atoms with E-state index in [0.717, 1.165) is 23.9 Å². The van der Waals surface area contributed by atoms with Crippen molar-refractivity contribution >= 4 is 23.1 Å². The number of nitro groups is 2. The van der Waals surface area contributed by atoms with Crippen LogP contribution in [-0.4, -0.2) is 57.0 Å². The normalized spacial score (nSPS) is 14.1. The standard InChI is InChI=1S/C16H16N6O5/c1-11-2-3-15(18-17-11)19-4-6-20(7-5-19)16(23)12-8-13(21(24)25)10-14(9-12)22(26)27/h2-3,8-10H,4-7H2,1H3. The second-order valence-corrected chi connectivity index (χ2v) is 6.06. The summed E-state index contributed by atoms with van der Waals surface area (Å²) in [5.74, 6) is 0.232. The van der Waals surface area contributed by atoms with E-state index in [0.29, 0.717) is 32.0 Å². The highest BCUT2D eigenvalue weighted by Crippen LogP contribution is 2.24. The number of carbonyl (C=O) groups excluding carboxylic acids is 1. The number of piperazine rings is 1. The highest BCUT2D eigenvalue weighted by Gasteiger charge is 2.26. The first kappa shape index (κ1) is 18.2. The van der Waals surface area contributed by atoms with E-state index in [-0.39, 0.29) is 5.56 Å². The van der Waals surface area contributed by atoms with E-state index in [1.807, 2.05) is 24.0 Å². The lowest BCUT2D eigenvalue weighted by Gasteiger charge is -2.35. The van der Waals surface area contributed by atoms with E-state index < -0.39 is 27.1 Å². The van der Waals surface area contributed by atoms with Crippen LogP contribution in [0.25, 0.3) is 0 Å². The van der Waals surface area contributed by atoms with Gasteiger partial charge in [-0.25, -0.2) is 0 Å². The van der Waals surface area contributed by atoms with Crippen molar-refractivity contribution in [3.05, 3.63) is 61.8 Å². The predicted octanol–water partition coefficient (Wildman–Crippen LogP) is 1.56. The molecule has 0 aliphatic carbocycles. The van der Waals surface area contributed by atoms with Crippen LogP contribution in [0.15, 0.2) is 30.3 Å². The summed E-state index contributed by atoms with van der Waals surface area (Å²) in [7, 11) is 0. The molecule has 2 aromatic rings. The SMILES string of the molecule is Cc1ccc(N2CCN(C(=O)c3cc([N+](=O)[O-])cc([N+](=O)[O-])c3)CC2)nn1. The van der Waals surface area contributed by atoms with Crippen molar-refractivity contribution in [2.24, 2.45) is 0 Å². The molecule has 1 aliphatic rings. The fourth-order valence-electron chi connectivity index (χ4n) is 2.81. The lowest BCUT2D eigenvalue weighted by atomic mass is 10.1. The number of aromatic nitrogens is 2. The topological polar surface area (TPSA) is 136 Å². The molecule has 11 nitrogen and oxygen atoms in total. The van der Waals surface area contributed by atoms with Gasteiger partial charge in [-0.15, -0.1) is 5.10 Å². The third-order valence-corrected chi connectivity index (χ3v) is 4.25. The van der Waals surface area contributed by atoms with Crippen LogP contribution in [0.3, 0.4) is 0 Å². The van der Waals surface area contributed by atoms with Gasteiger partial charge in [0, 0.05) is 38.3 Å². The Kier molecular flexibility index (Phi) is 4.92. The Morgan fingerprint density at radius 3 is 2.04 bits per heavy atom. The molecule has 0 unspecified atom stereocenters. The number of nitrogens with zero attached hydrogens (tertiary/aromatic N) is 6. The van der Waals surface area contributed by atoms with E-state index >= 15 is 0 Å². The molecule has 3 rings (SSSR count). The van der Waals surface area contributed by atoms with Gasteiger partial charge in [0.25, 0.3) is 17.3 Å². The summed E-state index contributed by atoms with van der Waals surface area (Å²) in [5.41, 5.74) is -0.235. The van der Waals surface area contributed by atoms with Crippen molar-refractivity contribution in [3.63, 3.8) is 0 Å². The predicted molar refractivity (Wildman–Crippen MR) is 94.6 cm³/mol. The Balaban J connectivity index is 1.74. The van der Waals surface area contributed by atoms with Gasteiger partial charge in [0.2, 0.25) is 0 Å². The van der Waals surface area contributed by atoms with Gasteiger partial charge in [-0.1, -0.05) is 0 Å². The van der Waals surface area contributed by atoms with E-state index in [9.17, 15) is 25.0 Å². The average molecular weight is 372 g/mol. The number of non-ortho nitro benzene ring substituents is 2. The molecule has 1 aliphatic heterocycles. The van der Waals surface area contributed by atoms with Crippen molar-refractivity contribution in [1.82, 2.24) is 15.1 Å². The second-order valence-electron chi connectivity index (χ2n) is 6.06. The molecule has 27 heavy (non-hydrogen) atoms. The molecule has 1 aromatic carbocycles. The molecule has 1 saturated heterocycles. The van der Waals surface area contributed by atoms with Gasteiger partial charge in [0.05, 0.1) is 27.2 Å². The first-order valence-corrected chi connectivity index (χ1v) is 8.13. The van der Waals surface area contributed by atoms with Crippen LogP contribution in [0.5, 0.6) is 0 Å². The Morgan fingerprint density at radius 1 is 0.963 bits per heavy atom. The van der Waals surface area contributed by atoms with Gasteiger partial charge in [-0.05, 0) is 19.1 Å². The largest absolute Gasteiger partial charge is 0.352 e. The molecule has 0 N–H and O–H groups in total. The highest BCUT2D eigenvalue weighted by atomic mass is 16.6. The maximum atomic E-state index is 12.7. The van der Waals surface area contributed by atoms with Crippen LogP contribution in [0.1, 0.15) is 16.1 Å². The zero-order valence-corrected chi connectivity index (χ0v) is 14.4. The molecule has 1 aromatic heterocycles. The number of benzene rings is 1. The molecule has 2 heterocycles. The molecule has 140 valence electrons. The summed E-state index contributed by atoms with van der Waals surface area (Å²) in [4.78, 5) is 36.6. The lowest BCUT2D eigenvalue weighted by molar-refractivity contribution is -0.394. The van der Waals surface area contributed by atoms with Crippen molar-refractivity contribution < 1.29 is 14.6 Å². The first-order chi connectivity index (χ1) is 12.8. The molecule has 0 bridgehead atoms. The van der Waals surface area contributed by atoms with Crippen molar-refractivity contribution in [3.8, 4) is 0 Å². The number of nitro benzene ring substituents is 2. The Hall–Kier alpha value is -3.63. The number of anilines is 1. The number of hydrogen-bond acceptors (Lipinski definition) is 8. The number of rotatable bonds is 4. The summed E-state index contributed by atoms with van der Waals surface area (Å²) >= 11 is 0. The molecular formula is C16H16N6O5. The van der Waals surface area contributed by atoms with E-state index in [1.54, 1.807) is 0 Å². The van der Waals surface area contributed by atoms with Gasteiger partial charge in [0.1, 0.15) is 0 Å². The van der Waals surface area contributed by atoms with Crippen molar-refractivity contribution in [2.45, 2.75) is 6.92 Å². The van der Waals surface area contributed by atoms with Gasteiger partial charge >= 0.3 is 0 Å². The summed E-state index contributed by atoms with van der Waals surface area (Å²) < 4.78 is 0. The maximum Gasteiger partial charge on any atom is 0.277 e. The highest BCUT2D eigenvalue weighted by molar-refractivity contribution is 5.95. The summed E-state index contributed by atoms with van der Waals surface area (Å²) in [6.45, 7) is 3.60. The molecule has 1 amide bonds. The van der Waals surface area contributed by atoms with Crippen molar-refractivity contribution in [1.29, 1.82) is 0 Å². The van der Waals surface area contributed by atoms with Crippen LogP contribution in [-0.2, 0) is 0 Å². The summed E-state index contributed by atoms with van der Waals surface area (Å²) in [6, 6.07) is 6.66. The maximum absolute atomic E-state index is 12.7. The molecule has 0 radical (unpaired) electrons. The van der Waals surface area contributed by atoms with Crippen LogP contribution < -0.4 is 4.90 Å². The monoisotopic (exact) mass is 372 g/mol. The molecule has 1 fully saturated rings. The number of hydrogen-bond donors (Lipinski definition) is 0. The van der Waals surface area contributed by atoms with Crippen LogP contribution in [0.2, 0.25) is 0 Å². The molecular weight excluding hydrogens is 356 g/mol. The summed E-state index contributed by atoms with van der Waals surface area (Å²) in [6.07, 6.45) is 0. The minimum Gasteiger partial charge on any atom is -0.352 e. The van der Waals surface area contributed by atoms with Gasteiger partial charge < -0.3 is 9.80 Å². The molecule has 0 saturated carbocycles. The molecule has 0 atom stereocenters. The smallest absolute Gasteiger partial charge is 0.277 e. The van der Waals surface area contributed by atoms with Gasteiger partial charge in [-0.2, -0.15) is 5.10 Å². The first-order valence-electron chi connectivity index (χ1n) is 8.13. The quantitative estimate of drug-likeness (QED) is 0.583. The lowest BCUT2D eigenvalue weighted by Crippen LogP contribution is -2.49. The number of carbonyl (C=O) groups is 1. The zero-order valence-electron chi connectivity index (χ0n) is 14.4. The van der Waals surface area contributed by atoms with E-state index in [4.69, 9.17) is 0 Å². The van der Waals surface area contributed by atoms with Crippen LogP contribution in [0, 0.1) is 27.2 Å². The number of amides is 1. The van der Waals surface area contributed by atoms with Gasteiger partial charge in [-0.3, -0.25) is 25.0 Å². The van der Waals surface area contributed by atoms with Gasteiger partial charge in [0.15, 0.2) is 5.82 Å². The Bertz CT molecular complexity index is 860. The second kappa shape index (κ2) is 7.32. The zero-order chi connectivity index (χ0) is 19.6. The average Bonchev–Trinajstić information content (AvgIpc) is 2.67. The fourth-order valence-corrected chi connectivity index (χ4v) is 2.81. The third kappa shape index (κ3) is 3.97. The molecule has 0 spiro atoms. The number of aryl methyl sites for hydroxylation is 1. The minimum absolute atomic E-state index is 0.0699. The van der Waals surface area contributed by atoms with E-state index in [1.165, 1.54) is 4.90 Å². The fraction of sp³-hybridized carbons (Fsp3) is 0.312. The Morgan fingerprint density at radius 2 is 1.56 bits per heavy atom. The third-order valence-electron chi connectivity index (χ3n) is 4.25. The minimum atomic E-state index is -0.752. The molecule has 11 heteroatoms. The van der Waals surface area contributed by atoms with Crippen LogP contribution in [0.4, 0.5) is 17.2 Å². The van der Waals surface area contributed by atoms with Crippen LogP contribution >= 0.6 is 0 Å². The van der Waals surface area contributed by atoms with Crippen molar-refractivity contribution in [2.75, 3.05) is 31.1 Å². The van der Waals surface area contributed by atoms with E-state index in [2.05, 4.69) is 10.2 Å².